The van der Waals surface area contributed by atoms with Gasteiger partial charge < -0.3 is 20.1 Å². The summed E-state index contributed by atoms with van der Waals surface area (Å²) in [6, 6.07) is 4.36. The van der Waals surface area contributed by atoms with Crippen LogP contribution in [0.2, 0.25) is 5.02 Å². The number of alkyl halides is 2. The standard InChI is InChI=1S/C15H22ClF2N3O4S/c1-19-15(20-5-6-24-7-8-26(2,22)23)21-10-11-9-12(16)3-4-13(11)25-14(17)18/h3-4,9,14H,5-8,10H2,1-2H3,(H2,19,20,21). The van der Waals surface area contributed by atoms with Crippen LogP contribution in [0.1, 0.15) is 5.56 Å². The van der Waals surface area contributed by atoms with Gasteiger partial charge in [-0.2, -0.15) is 8.78 Å². The molecule has 1 aromatic rings. The maximum Gasteiger partial charge on any atom is 0.387 e. The summed E-state index contributed by atoms with van der Waals surface area (Å²) in [5.74, 6) is 0.401. The molecule has 26 heavy (non-hydrogen) atoms. The molecule has 0 amide bonds. The molecule has 0 bridgehead atoms. The summed E-state index contributed by atoms with van der Waals surface area (Å²) in [4.78, 5) is 3.99. The first-order chi connectivity index (χ1) is 12.2. The number of hydrogen-bond donors (Lipinski definition) is 2. The van der Waals surface area contributed by atoms with Gasteiger partial charge in [-0.25, -0.2) is 8.42 Å². The van der Waals surface area contributed by atoms with Crippen LogP contribution in [0.3, 0.4) is 0 Å². The molecule has 1 aromatic carbocycles. The third-order valence-corrected chi connectivity index (χ3v) is 4.19. The van der Waals surface area contributed by atoms with E-state index in [4.69, 9.17) is 16.3 Å². The minimum Gasteiger partial charge on any atom is -0.434 e. The zero-order valence-electron chi connectivity index (χ0n) is 14.5. The van der Waals surface area contributed by atoms with Gasteiger partial charge in [-0.3, -0.25) is 4.99 Å². The molecule has 0 saturated carbocycles. The Labute approximate surface area is 156 Å². The molecule has 7 nitrogen and oxygen atoms in total. The van der Waals surface area contributed by atoms with Crippen LogP contribution in [-0.2, 0) is 21.1 Å². The van der Waals surface area contributed by atoms with Crippen molar-refractivity contribution in [3.8, 4) is 5.75 Å². The lowest BCUT2D eigenvalue weighted by Gasteiger charge is -2.15. The second-order valence-electron chi connectivity index (χ2n) is 5.23. The van der Waals surface area contributed by atoms with E-state index in [-0.39, 0.29) is 31.3 Å². The SMILES string of the molecule is CN=C(NCCOCCS(C)(=O)=O)NCc1cc(Cl)ccc1OC(F)F. The first kappa shape index (κ1) is 22.4. The van der Waals surface area contributed by atoms with Crippen molar-refractivity contribution in [3.63, 3.8) is 0 Å². The average Bonchev–Trinajstić information content (AvgIpc) is 2.54. The highest BCUT2D eigenvalue weighted by molar-refractivity contribution is 7.90. The molecule has 1 rings (SSSR count). The van der Waals surface area contributed by atoms with Crippen molar-refractivity contribution in [3.05, 3.63) is 28.8 Å². The van der Waals surface area contributed by atoms with Crippen LogP contribution in [-0.4, -0.2) is 59.8 Å². The lowest BCUT2D eigenvalue weighted by Crippen LogP contribution is -2.38. The summed E-state index contributed by atoms with van der Waals surface area (Å²) >= 11 is 5.89. The van der Waals surface area contributed by atoms with E-state index in [1.807, 2.05) is 0 Å². The molecular formula is C15H22ClF2N3O4S. The normalized spacial score (nSPS) is 12.3. The Morgan fingerprint density at radius 2 is 2.04 bits per heavy atom. The zero-order chi connectivity index (χ0) is 19.6. The van der Waals surface area contributed by atoms with E-state index in [2.05, 4.69) is 20.4 Å². The Kier molecular flexibility index (Phi) is 9.60. The number of benzene rings is 1. The predicted octanol–water partition coefficient (Wildman–Crippen LogP) is 1.67. The Morgan fingerprint density at radius 1 is 1.31 bits per heavy atom. The lowest BCUT2D eigenvalue weighted by molar-refractivity contribution is -0.0504. The molecule has 0 aliphatic heterocycles. The van der Waals surface area contributed by atoms with Gasteiger partial charge in [0.15, 0.2) is 5.96 Å². The van der Waals surface area contributed by atoms with Crippen LogP contribution in [0.5, 0.6) is 5.75 Å². The average molecular weight is 414 g/mol. The number of aliphatic imine (C=N–C) groups is 1. The quantitative estimate of drug-likeness (QED) is 0.344. The van der Waals surface area contributed by atoms with Gasteiger partial charge in [-0.05, 0) is 18.2 Å². The fourth-order valence-corrected chi connectivity index (χ4v) is 2.47. The number of hydrogen-bond acceptors (Lipinski definition) is 5. The minimum absolute atomic E-state index is 0.0245. The zero-order valence-corrected chi connectivity index (χ0v) is 16.0. The van der Waals surface area contributed by atoms with Crippen molar-refractivity contribution in [2.45, 2.75) is 13.2 Å². The van der Waals surface area contributed by atoms with Gasteiger partial charge in [-0.1, -0.05) is 11.6 Å². The van der Waals surface area contributed by atoms with E-state index in [1.165, 1.54) is 18.2 Å². The van der Waals surface area contributed by atoms with Gasteiger partial charge in [0.05, 0.1) is 19.0 Å². The second kappa shape index (κ2) is 11.1. The molecule has 0 fully saturated rings. The monoisotopic (exact) mass is 413 g/mol. The van der Waals surface area contributed by atoms with Gasteiger partial charge in [0, 0.05) is 37.0 Å². The van der Waals surface area contributed by atoms with E-state index < -0.39 is 16.4 Å². The van der Waals surface area contributed by atoms with E-state index in [1.54, 1.807) is 7.05 Å². The molecule has 0 unspecified atom stereocenters. The number of halogens is 3. The topological polar surface area (TPSA) is 89.0 Å². The number of nitrogens with zero attached hydrogens (tertiary/aromatic N) is 1. The van der Waals surface area contributed by atoms with Crippen LogP contribution in [0.15, 0.2) is 23.2 Å². The smallest absolute Gasteiger partial charge is 0.387 e. The molecule has 0 aliphatic rings. The van der Waals surface area contributed by atoms with Crippen LogP contribution in [0.4, 0.5) is 8.78 Å². The fraction of sp³-hybridized carbons (Fsp3) is 0.533. The molecule has 0 radical (unpaired) electrons. The molecule has 0 aromatic heterocycles. The van der Waals surface area contributed by atoms with E-state index >= 15 is 0 Å². The maximum atomic E-state index is 12.4. The highest BCUT2D eigenvalue weighted by Gasteiger charge is 2.11. The molecule has 0 heterocycles. The van der Waals surface area contributed by atoms with Crippen molar-refractivity contribution in [1.29, 1.82) is 0 Å². The lowest BCUT2D eigenvalue weighted by atomic mass is 10.2. The Morgan fingerprint density at radius 3 is 2.65 bits per heavy atom. The van der Waals surface area contributed by atoms with Crippen LogP contribution >= 0.6 is 11.6 Å². The Balaban J connectivity index is 2.44. The highest BCUT2D eigenvalue weighted by Crippen LogP contribution is 2.24. The van der Waals surface area contributed by atoms with Gasteiger partial charge in [0.1, 0.15) is 15.6 Å². The third kappa shape index (κ3) is 9.73. The molecule has 11 heteroatoms. The second-order valence-corrected chi connectivity index (χ2v) is 7.92. The maximum absolute atomic E-state index is 12.4. The van der Waals surface area contributed by atoms with E-state index in [0.717, 1.165) is 6.26 Å². The first-order valence-corrected chi connectivity index (χ1v) is 10.1. The Bertz CT molecular complexity index is 702. The van der Waals surface area contributed by atoms with Crippen molar-refractivity contribution >= 4 is 27.4 Å². The summed E-state index contributed by atoms with van der Waals surface area (Å²) in [7, 11) is -1.50. The molecule has 0 atom stereocenters. The number of nitrogens with one attached hydrogen (secondary N) is 2. The third-order valence-electron chi connectivity index (χ3n) is 3.05. The summed E-state index contributed by atoms with van der Waals surface area (Å²) in [5, 5.41) is 6.29. The molecular weight excluding hydrogens is 392 g/mol. The van der Waals surface area contributed by atoms with Gasteiger partial charge in [0.2, 0.25) is 0 Å². The number of guanidine groups is 1. The molecule has 2 N–H and O–H groups in total. The van der Waals surface area contributed by atoms with Crippen molar-refractivity contribution in [1.82, 2.24) is 10.6 Å². The highest BCUT2D eigenvalue weighted by atomic mass is 35.5. The molecule has 0 aliphatic carbocycles. The predicted molar refractivity (Wildman–Crippen MR) is 96.8 cm³/mol. The number of ether oxygens (including phenoxy) is 2. The minimum atomic E-state index is -3.05. The number of sulfone groups is 1. The van der Waals surface area contributed by atoms with Crippen LogP contribution < -0.4 is 15.4 Å². The van der Waals surface area contributed by atoms with E-state index in [9.17, 15) is 17.2 Å². The van der Waals surface area contributed by atoms with Gasteiger partial charge >= 0.3 is 6.61 Å². The summed E-state index contributed by atoms with van der Waals surface area (Å²) in [6.07, 6.45) is 1.14. The van der Waals surface area contributed by atoms with Crippen LogP contribution in [0.25, 0.3) is 0 Å². The van der Waals surface area contributed by atoms with Crippen molar-refractivity contribution in [2.24, 2.45) is 4.99 Å². The fourth-order valence-electron chi connectivity index (χ4n) is 1.85. The summed E-state index contributed by atoms with van der Waals surface area (Å²) in [6.45, 7) is -1.98. The Hall–Kier alpha value is -1.65. The van der Waals surface area contributed by atoms with Gasteiger partial charge in [-0.15, -0.1) is 0 Å². The summed E-state index contributed by atoms with van der Waals surface area (Å²) in [5.41, 5.74) is 0.449. The van der Waals surface area contributed by atoms with Crippen molar-refractivity contribution < 1.29 is 26.7 Å². The first-order valence-electron chi connectivity index (χ1n) is 7.64. The molecule has 0 spiro atoms. The molecule has 148 valence electrons. The number of rotatable bonds is 10. The molecule has 0 saturated heterocycles. The van der Waals surface area contributed by atoms with Crippen molar-refractivity contribution in [2.75, 3.05) is 38.8 Å². The van der Waals surface area contributed by atoms with Gasteiger partial charge in [0.25, 0.3) is 0 Å². The summed E-state index contributed by atoms with van der Waals surface area (Å²) < 4.78 is 56.5. The van der Waals surface area contributed by atoms with Crippen LogP contribution in [0, 0.1) is 0 Å². The van der Waals surface area contributed by atoms with E-state index in [0.29, 0.717) is 23.1 Å². The largest absolute Gasteiger partial charge is 0.434 e.